The summed E-state index contributed by atoms with van der Waals surface area (Å²) in [6.07, 6.45) is 4.21. The van der Waals surface area contributed by atoms with Crippen molar-refractivity contribution in [1.82, 2.24) is 9.55 Å². The number of aromatic nitrogens is 2. The summed E-state index contributed by atoms with van der Waals surface area (Å²) in [5.41, 5.74) is 3.36. The maximum atomic E-state index is 13.1. The minimum Gasteiger partial charge on any atom is -0.464 e. The molecule has 8 heteroatoms. The Hall–Kier alpha value is -3.39. The van der Waals surface area contributed by atoms with E-state index in [9.17, 15) is 9.59 Å². The van der Waals surface area contributed by atoms with Gasteiger partial charge in [0.15, 0.2) is 5.69 Å². The number of nitrogens with zero attached hydrogens (tertiary/aromatic N) is 2. The summed E-state index contributed by atoms with van der Waals surface area (Å²) in [4.78, 5) is 30.8. The van der Waals surface area contributed by atoms with Gasteiger partial charge in [-0.2, -0.15) is 0 Å². The zero-order chi connectivity index (χ0) is 24.8. The molecule has 0 saturated carbocycles. The number of methoxy groups -OCH3 is 1. The summed E-state index contributed by atoms with van der Waals surface area (Å²) >= 11 is 0. The predicted octanol–water partition coefficient (Wildman–Crippen LogP) is 4.50. The van der Waals surface area contributed by atoms with Crippen molar-refractivity contribution < 1.29 is 19.1 Å². The van der Waals surface area contributed by atoms with Crippen molar-refractivity contribution in [1.29, 1.82) is 0 Å². The van der Waals surface area contributed by atoms with Crippen LogP contribution in [0.15, 0.2) is 42.6 Å². The van der Waals surface area contributed by atoms with Crippen molar-refractivity contribution in [2.75, 3.05) is 37.5 Å². The fourth-order valence-corrected chi connectivity index (χ4v) is 4.26. The molecule has 3 heterocycles. The van der Waals surface area contributed by atoms with E-state index in [2.05, 4.69) is 36.6 Å². The number of carbonyl (C=O) groups excluding carboxylic acids is 2. The number of anilines is 2. The van der Waals surface area contributed by atoms with Gasteiger partial charge in [-0.3, -0.25) is 4.79 Å². The number of hydrogen-bond donors (Lipinski definition) is 2. The molecule has 3 aromatic rings. The quantitative estimate of drug-likeness (QED) is 0.417. The molecule has 1 saturated heterocycles. The van der Waals surface area contributed by atoms with Crippen LogP contribution in [-0.2, 0) is 27.2 Å². The first-order chi connectivity index (χ1) is 17.0. The van der Waals surface area contributed by atoms with E-state index in [0.717, 1.165) is 24.2 Å². The number of hydrogen-bond acceptors (Lipinski definition) is 6. The van der Waals surface area contributed by atoms with Crippen LogP contribution in [0.1, 0.15) is 42.7 Å². The number of fused-ring (bicyclic) bond motifs is 1. The van der Waals surface area contributed by atoms with E-state index in [1.807, 2.05) is 28.8 Å². The molecule has 186 valence electrons. The van der Waals surface area contributed by atoms with Crippen molar-refractivity contribution >= 4 is 34.3 Å². The third kappa shape index (κ3) is 5.65. The Kier molecular flexibility index (Phi) is 8.02. The molecule has 2 atom stereocenters. The zero-order valence-electron chi connectivity index (χ0n) is 20.7. The first-order valence-electron chi connectivity index (χ1n) is 12.3. The van der Waals surface area contributed by atoms with Crippen LogP contribution < -0.4 is 10.6 Å². The van der Waals surface area contributed by atoms with Crippen molar-refractivity contribution in [3.63, 3.8) is 0 Å². The van der Waals surface area contributed by atoms with E-state index < -0.39 is 5.97 Å². The van der Waals surface area contributed by atoms with Gasteiger partial charge in [-0.05, 0) is 30.4 Å². The Balaban J connectivity index is 1.76. The Morgan fingerprint density at radius 2 is 2.09 bits per heavy atom. The molecular weight excluding hydrogens is 444 g/mol. The van der Waals surface area contributed by atoms with Gasteiger partial charge in [-0.15, -0.1) is 0 Å². The van der Waals surface area contributed by atoms with E-state index in [-0.39, 0.29) is 11.8 Å². The van der Waals surface area contributed by atoms with Gasteiger partial charge >= 0.3 is 5.97 Å². The second-order valence-electron chi connectivity index (χ2n) is 9.14. The largest absolute Gasteiger partial charge is 0.464 e. The van der Waals surface area contributed by atoms with Crippen LogP contribution in [-0.4, -0.2) is 48.3 Å². The van der Waals surface area contributed by atoms with Crippen molar-refractivity contribution in [3.05, 3.63) is 53.9 Å². The van der Waals surface area contributed by atoms with Gasteiger partial charge in [-0.1, -0.05) is 50.6 Å². The van der Waals surface area contributed by atoms with Crippen LogP contribution in [0, 0.1) is 11.8 Å². The Bertz CT molecular complexity index is 1170. The number of ether oxygens (including phenoxy) is 2. The maximum Gasteiger partial charge on any atom is 0.356 e. The highest BCUT2D eigenvalue weighted by Gasteiger charge is 2.29. The average Bonchev–Trinajstić information content (AvgIpc) is 3.53. The fourth-order valence-electron chi connectivity index (χ4n) is 4.26. The SMILES string of the molecule is CCC(C)CNc1cnc2c(c1)c(NC(=O)C1CCOC1)c(C(=O)OC)n2CCc1ccccc1. The lowest BCUT2D eigenvalue weighted by molar-refractivity contribution is -0.119. The minimum absolute atomic E-state index is 0.160. The Morgan fingerprint density at radius 1 is 1.29 bits per heavy atom. The summed E-state index contributed by atoms with van der Waals surface area (Å²) in [7, 11) is 1.35. The normalized spacial score (nSPS) is 16.3. The van der Waals surface area contributed by atoms with Gasteiger partial charge in [0.2, 0.25) is 5.91 Å². The number of rotatable bonds is 10. The topological polar surface area (TPSA) is 94.5 Å². The summed E-state index contributed by atoms with van der Waals surface area (Å²) in [5.74, 6) is -0.410. The number of amides is 1. The van der Waals surface area contributed by atoms with Crippen molar-refractivity contribution in [2.45, 2.75) is 39.7 Å². The summed E-state index contributed by atoms with van der Waals surface area (Å²) in [6, 6.07) is 12.0. The summed E-state index contributed by atoms with van der Waals surface area (Å²) in [6.45, 7) is 6.61. The minimum atomic E-state index is -0.511. The van der Waals surface area contributed by atoms with Gasteiger partial charge in [0.25, 0.3) is 0 Å². The number of pyridine rings is 1. The lowest BCUT2D eigenvalue weighted by Crippen LogP contribution is -2.24. The molecular formula is C27H34N4O4. The third-order valence-corrected chi connectivity index (χ3v) is 6.64. The number of aryl methyl sites for hydroxylation is 2. The molecule has 0 aliphatic carbocycles. The molecule has 2 aromatic heterocycles. The molecule has 4 rings (SSSR count). The van der Waals surface area contributed by atoms with Crippen LogP contribution in [0.2, 0.25) is 0 Å². The highest BCUT2D eigenvalue weighted by Crippen LogP contribution is 2.34. The molecule has 1 fully saturated rings. The monoisotopic (exact) mass is 478 g/mol. The predicted molar refractivity (Wildman–Crippen MR) is 137 cm³/mol. The lowest BCUT2D eigenvalue weighted by Gasteiger charge is -2.12. The van der Waals surface area contributed by atoms with Gasteiger partial charge in [0, 0.05) is 25.1 Å². The van der Waals surface area contributed by atoms with Crippen LogP contribution in [0.4, 0.5) is 11.4 Å². The number of carbonyl (C=O) groups is 2. The lowest BCUT2D eigenvalue weighted by atomic mass is 10.1. The van der Waals surface area contributed by atoms with E-state index in [4.69, 9.17) is 14.5 Å². The van der Waals surface area contributed by atoms with Crippen molar-refractivity contribution in [3.8, 4) is 0 Å². The van der Waals surface area contributed by atoms with Crippen LogP contribution in [0.5, 0.6) is 0 Å². The molecule has 1 aliphatic rings. The number of nitrogens with one attached hydrogen (secondary N) is 2. The molecule has 0 radical (unpaired) electrons. The van der Waals surface area contributed by atoms with Crippen LogP contribution in [0.25, 0.3) is 11.0 Å². The molecule has 35 heavy (non-hydrogen) atoms. The van der Waals surface area contributed by atoms with E-state index in [1.54, 1.807) is 6.20 Å². The number of benzene rings is 1. The Morgan fingerprint density at radius 3 is 2.77 bits per heavy atom. The van der Waals surface area contributed by atoms with Gasteiger partial charge in [0.1, 0.15) is 5.65 Å². The van der Waals surface area contributed by atoms with E-state index in [1.165, 1.54) is 7.11 Å². The van der Waals surface area contributed by atoms with Gasteiger partial charge in [-0.25, -0.2) is 9.78 Å². The summed E-state index contributed by atoms with van der Waals surface area (Å²) in [5, 5.41) is 7.16. The zero-order valence-corrected chi connectivity index (χ0v) is 20.7. The molecule has 1 aliphatic heterocycles. The van der Waals surface area contributed by atoms with Crippen LogP contribution in [0.3, 0.4) is 0 Å². The first kappa shape index (κ1) is 24.7. The maximum absolute atomic E-state index is 13.1. The second-order valence-corrected chi connectivity index (χ2v) is 9.14. The number of esters is 1. The Labute approximate surface area is 206 Å². The molecule has 2 unspecified atom stereocenters. The molecule has 1 aromatic carbocycles. The average molecular weight is 479 g/mol. The van der Waals surface area contributed by atoms with Gasteiger partial charge in [0.05, 0.1) is 37.2 Å². The van der Waals surface area contributed by atoms with Crippen molar-refractivity contribution in [2.24, 2.45) is 11.8 Å². The first-order valence-corrected chi connectivity index (χ1v) is 12.3. The molecule has 8 nitrogen and oxygen atoms in total. The van der Waals surface area contributed by atoms with E-state index >= 15 is 0 Å². The highest BCUT2D eigenvalue weighted by atomic mass is 16.5. The third-order valence-electron chi connectivity index (χ3n) is 6.64. The summed E-state index contributed by atoms with van der Waals surface area (Å²) < 4.78 is 12.4. The highest BCUT2D eigenvalue weighted by molar-refractivity contribution is 6.11. The molecule has 2 N–H and O–H groups in total. The molecule has 1 amide bonds. The molecule has 0 bridgehead atoms. The second kappa shape index (κ2) is 11.4. The van der Waals surface area contributed by atoms with E-state index in [0.29, 0.717) is 60.9 Å². The standard InChI is InChI=1S/C27H34N4O4/c1-4-18(2)15-28-21-14-22-23(30-26(32)20-11-13-35-17-20)24(27(33)34-3)31(25(22)29-16-21)12-10-19-8-6-5-7-9-19/h5-9,14,16,18,20,28H,4,10-13,15,17H2,1-3H3,(H,30,32). The van der Waals surface area contributed by atoms with Gasteiger partial charge < -0.3 is 24.7 Å². The fraction of sp³-hybridized carbons (Fsp3) is 0.444. The molecule has 0 spiro atoms. The smallest absolute Gasteiger partial charge is 0.356 e. The van der Waals surface area contributed by atoms with Crippen LogP contribution >= 0.6 is 0 Å².